The number of carbonyl (C=O) groups excluding carboxylic acids is 1. The zero-order valence-electron chi connectivity index (χ0n) is 18.6. The fourth-order valence-electron chi connectivity index (χ4n) is 5.08. The number of rotatable bonds is 6. The quantitative estimate of drug-likeness (QED) is 0.581. The zero-order valence-corrected chi connectivity index (χ0v) is 20.9. The predicted molar refractivity (Wildman–Crippen MR) is 126 cm³/mol. The van der Waals surface area contributed by atoms with Gasteiger partial charge in [-0.05, 0) is 67.2 Å². The molecule has 2 N–H and O–H groups in total. The molecule has 1 fully saturated rings. The fraction of sp³-hybridized carbons (Fsp3) is 0.524. The number of halogens is 1. The topological polar surface area (TPSA) is 139 Å². The smallest absolute Gasteiger partial charge is 0.304 e. The molecule has 2 aromatic rings. The second-order valence-electron chi connectivity index (χ2n) is 9.01. The van der Waals surface area contributed by atoms with Gasteiger partial charge in [0.1, 0.15) is 6.26 Å². The molecule has 10 nitrogen and oxygen atoms in total. The number of oxazole rings is 1. The molecule has 0 radical (unpaired) electrons. The van der Waals surface area contributed by atoms with Gasteiger partial charge in [0.15, 0.2) is 15.5 Å². The van der Waals surface area contributed by atoms with Crippen molar-refractivity contribution >= 4 is 49.3 Å². The molecule has 0 bridgehead atoms. The van der Waals surface area contributed by atoms with Gasteiger partial charge in [0.25, 0.3) is 11.9 Å². The Morgan fingerprint density at radius 3 is 2.29 bits per heavy atom. The van der Waals surface area contributed by atoms with Crippen molar-refractivity contribution < 1.29 is 26.0 Å². The molecule has 3 aliphatic rings. The molecule has 184 valence electrons. The standard InChI is InChI=1S/C21H25ClN4O6S2/c1-33(28,29)12-8-9-26(10-12)34(30,31)25-20(27)17-11-32-21(23-17)24-19-15-6-2-4-13(15)18(22)14-5-3-7-16(14)19/h11-12H,2-10H2,1H3,(H,23,24)(H,25,27). The number of hydrogen-bond acceptors (Lipinski definition) is 8. The molecule has 1 amide bonds. The van der Waals surface area contributed by atoms with Crippen LogP contribution >= 0.6 is 11.6 Å². The van der Waals surface area contributed by atoms with Crippen LogP contribution < -0.4 is 10.0 Å². The van der Waals surface area contributed by atoms with Crippen LogP contribution in [0.25, 0.3) is 0 Å². The molecule has 0 spiro atoms. The first-order valence-electron chi connectivity index (χ1n) is 11.1. The van der Waals surface area contributed by atoms with Crippen LogP contribution in [0.1, 0.15) is 52.0 Å². The summed E-state index contributed by atoms with van der Waals surface area (Å²) in [5.74, 6) is -0.953. The lowest BCUT2D eigenvalue weighted by molar-refractivity contribution is 0.0974. The largest absolute Gasteiger partial charge is 0.431 e. The number of hydrogen-bond donors (Lipinski definition) is 2. The predicted octanol–water partition coefficient (Wildman–Crippen LogP) is 2.14. The van der Waals surface area contributed by atoms with Crippen molar-refractivity contribution in [2.75, 3.05) is 24.7 Å². The van der Waals surface area contributed by atoms with Gasteiger partial charge in [0.05, 0.1) is 5.25 Å². The maximum absolute atomic E-state index is 12.6. The lowest BCUT2D eigenvalue weighted by Gasteiger charge is -2.17. The lowest BCUT2D eigenvalue weighted by Crippen LogP contribution is -2.43. The number of nitrogens with one attached hydrogen (secondary N) is 2. The van der Waals surface area contributed by atoms with E-state index in [4.69, 9.17) is 16.0 Å². The highest BCUT2D eigenvalue weighted by molar-refractivity contribution is 7.91. The first-order valence-corrected chi connectivity index (χ1v) is 14.9. The van der Waals surface area contributed by atoms with Crippen LogP contribution in [-0.2, 0) is 45.7 Å². The molecule has 1 aliphatic heterocycles. The lowest BCUT2D eigenvalue weighted by atomic mass is 9.98. The van der Waals surface area contributed by atoms with Gasteiger partial charge in [-0.3, -0.25) is 4.79 Å². The molecule has 1 saturated heterocycles. The Morgan fingerprint density at radius 1 is 1.09 bits per heavy atom. The normalized spacial score (nSPS) is 20.4. The minimum absolute atomic E-state index is 0.0127. The monoisotopic (exact) mass is 528 g/mol. The molecule has 5 rings (SSSR count). The number of nitrogens with zero attached hydrogens (tertiary/aromatic N) is 2. The molecule has 34 heavy (non-hydrogen) atoms. The molecule has 1 atom stereocenters. The highest BCUT2D eigenvalue weighted by Crippen LogP contribution is 2.44. The summed E-state index contributed by atoms with van der Waals surface area (Å²) in [5, 5.41) is 3.28. The van der Waals surface area contributed by atoms with Crippen LogP contribution in [0.3, 0.4) is 0 Å². The van der Waals surface area contributed by atoms with Crippen molar-refractivity contribution in [2.24, 2.45) is 0 Å². The van der Waals surface area contributed by atoms with E-state index in [2.05, 4.69) is 10.3 Å². The number of fused-ring (bicyclic) bond motifs is 2. The van der Waals surface area contributed by atoms with E-state index < -0.39 is 31.2 Å². The Bertz CT molecular complexity index is 1350. The average molecular weight is 529 g/mol. The van der Waals surface area contributed by atoms with Crippen LogP contribution in [0.5, 0.6) is 0 Å². The van der Waals surface area contributed by atoms with Gasteiger partial charge >= 0.3 is 10.2 Å². The van der Waals surface area contributed by atoms with E-state index in [1.54, 1.807) is 0 Å². The van der Waals surface area contributed by atoms with Gasteiger partial charge in [-0.15, -0.1) is 0 Å². The Balaban J connectivity index is 1.32. The van der Waals surface area contributed by atoms with Crippen LogP contribution in [0.4, 0.5) is 11.7 Å². The average Bonchev–Trinajstić information content (AvgIpc) is 3.55. The molecule has 2 aliphatic carbocycles. The van der Waals surface area contributed by atoms with E-state index in [-0.39, 0.29) is 31.2 Å². The summed E-state index contributed by atoms with van der Waals surface area (Å²) in [6, 6.07) is 0.0892. The summed E-state index contributed by atoms with van der Waals surface area (Å²) >= 11 is 6.66. The van der Waals surface area contributed by atoms with Gasteiger partial charge < -0.3 is 9.73 Å². The molecule has 1 aromatic carbocycles. The number of aromatic nitrogens is 1. The van der Waals surface area contributed by atoms with E-state index in [0.29, 0.717) is 0 Å². The molecular weight excluding hydrogens is 504 g/mol. The van der Waals surface area contributed by atoms with E-state index in [9.17, 15) is 21.6 Å². The van der Waals surface area contributed by atoms with E-state index in [1.807, 2.05) is 4.72 Å². The summed E-state index contributed by atoms with van der Waals surface area (Å²) in [7, 11) is -7.60. The number of carbonyl (C=O) groups is 1. The summed E-state index contributed by atoms with van der Waals surface area (Å²) in [6.45, 7) is -0.182. The van der Waals surface area contributed by atoms with Crippen molar-refractivity contribution in [3.8, 4) is 0 Å². The first kappa shape index (κ1) is 23.6. The Labute approximate surface area is 203 Å². The van der Waals surface area contributed by atoms with Crippen LogP contribution in [0.15, 0.2) is 10.7 Å². The van der Waals surface area contributed by atoms with Crippen LogP contribution in [0, 0.1) is 0 Å². The second kappa shape index (κ2) is 8.51. The van der Waals surface area contributed by atoms with E-state index >= 15 is 0 Å². The number of benzene rings is 1. The third-order valence-electron chi connectivity index (χ3n) is 6.81. The van der Waals surface area contributed by atoms with E-state index in [0.717, 1.165) is 88.3 Å². The van der Waals surface area contributed by atoms with Gasteiger partial charge in [-0.1, -0.05) is 11.6 Å². The summed E-state index contributed by atoms with van der Waals surface area (Å²) in [6.07, 6.45) is 7.99. The number of amides is 1. The first-order chi connectivity index (χ1) is 16.0. The highest BCUT2D eigenvalue weighted by atomic mass is 35.5. The zero-order chi connectivity index (χ0) is 24.3. The van der Waals surface area contributed by atoms with E-state index in [1.165, 1.54) is 0 Å². The SMILES string of the molecule is CS(=O)(=O)C1CCN(S(=O)(=O)NC(=O)c2coc(Nc3c4c(c(Cl)c5c3CCC5)CCC4)n2)C1. The molecule has 13 heteroatoms. The Hall–Kier alpha value is -2.15. The Kier molecular flexibility index (Phi) is 5.90. The van der Waals surface area contributed by atoms with Gasteiger partial charge in [0, 0.05) is 30.1 Å². The minimum atomic E-state index is -4.22. The van der Waals surface area contributed by atoms with Crippen molar-refractivity contribution in [1.29, 1.82) is 0 Å². The van der Waals surface area contributed by atoms with Crippen LogP contribution in [0.2, 0.25) is 5.02 Å². The minimum Gasteiger partial charge on any atom is -0.431 e. The summed E-state index contributed by atoms with van der Waals surface area (Å²) < 4.78 is 57.0. The van der Waals surface area contributed by atoms with Gasteiger partial charge in [-0.2, -0.15) is 17.7 Å². The Morgan fingerprint density at radius 2 is 1.71 bits per heavy atom. The summed E-state index contributed by atoms with van der Waals surface area (Å²) in [5.41, 5.74) is 5.32. The maximum Gasteiger partial charge on any atom is 0.304 e. The molecule has 1 unspecified atom stereocenters. The summed E-state index contributed by atoms with van der Waals surface area (Å²) in [4.78, 5) is 16.7. The van der Waals surface area contributed by atoms with Crippen molar-refractivity contribution in [1.82, 2.24) is 14.0 Å². The van der Waals surface area contributed by atoms with Gasteiger partial charge in [-0.25, -0.2) is 13.1 Å². The molecular formula is C21H25ClN4O6S2. The molecule has 1 aromatic heterocycles. The fourth-order valence-corrected chi connectivity index (χ4v) is 7.77. The van der Waals surface area contributed by atoms with Crippen molar-refractivity contribution in [3.05, 3.63) is 39.2 Å². The van der Waals surface area contributed by atoms with Crippen molar-refractivity contribution in [2.45, 2.75) is 50.2 Å². The maximum atomic E-state index is 12.6. The second-order valence-corrected chi connectivity index (χ2v) is 13.4. The highest BCUT2D eigenvalue weighted by Gasteiger charge is 2.37. The number of anilines is 2. The molecule has 2 heterocycles. The van der Waals surface area contributed by atoms with Gasteiger partial charge in [0.2, 0.25) is 0 Å². The third kappa shape index (κ3) is 4.21. The third-order valence-corrected chi connectivity index (χ3v) is 10.3. The number of sulfone groups is 1. The van der Waals surface area contributed by atoms with Crippen molar-refractivity contribution in [3.63, 3.8) is 0 Å². The van der Waals surface area contributed by atoms with Crippen LogP contribution in [-0.4, -0.2) is 56.6 Å². The molecule has 0 saturated carbocycles.